The SMILES string of the molecule is CN(Cc1cc2cc(F)ccc2[nH]1)C(=O)c1cccc(C2CCCNC2)c1. The summed E-state index contributed by atoms with van der Waals surface area (Å²) in [4.78, 5) is 17.8. The minimum atomic E-state index is -0.258. The van der Waals surface area contributed by atoms with Crippen molar-refractivity contribution in [3.63, 3.8) is 0 Å². The molecule has 3 aromatic rings. The molecule has 0 spiro atoms. The van der Waals surface area contributed by atoms with E-state index in [1.165, 1.54) is 24.1 Å². The van der Waals surface area contributed by atoms with E-state index in [1.54, 1.807) is 18.0 Å². The Balaban J connectivity index is 1.49. The van der Waals surface area contributed by atoms with Crippen molar-refractivity contribution in [2.75, 3.05) is 20.1 Å². The van der Waals surface area contributed by atoms with Gasteiger partial charge < -0.3 is 15.2 Å². The fraction of sp³-hybridized carbons (Fsp3) is 0.318. The Morgan fingerprint density at radius 1 is 1.22 bits per heavy atom. The van der Waals surface area contributed by atoms with Gasteiger partial charge in [0.2, 0.25) is 0 Å². The lowest BCUT2D eigenvalue weighted by Crippen LogP contribution is -2.29. The molecule has 2 aromatic carbocycles. The van der Waals surface area contributed by atoms with Crippen LogP contribution in [0, 0.1) is 5.82 Å². The topological polar surface area (TPSA) is 48.1 Å². The van der Waals surface area contributed by atoms with Crippen molar-refractivity contribution in [1.82, 2.24) is 15.2 Å². The monoisotopic (exact) mass is 365 g/mol. The second-order valence-electron chi connectivity index (χ2n) is 7.36. The van der Waals surface area contributed by atoms with Crippen LogP contribution in [0.4, 0.5) is 4.39 Å². The maximum Gasteiger partial charge on any atom is 0.253 e. The van der Waals surface area contributed by atoms with Crippen LogP contribution < -0.4 is 5.32 Å². The Hall–Kier alpha value is -2.66. The number of aromatic amines is 1. The molecule has 0 saturated carbocycles. The molecule has 0 radical (unpaired) electrons. The molecule has 1 saturated heterocycles. The Morgan fingerprint density at radius 3 is 2.93 bits per heavy atom. The molecule has 5 heteroatoms. The summed E-state index contributed by atoms with van der Waals surface area (Å²) in [6.07, 6.45) is 2.33. The highest BCUT2D eigenvalue weighted by atomic mass is 19.1. The van der Waals surface area contributed by atoms with E-state index >= 15 is 0 Å². The number of nitrogens with one attached hydrogen (secondary N) is 2. The van der Waals surface area contributed by atoms with Crippen molar-refractivity contribution in [3.05, 3.63) is 71.2 Å². The number of nitrogens with zero attached hydrogens (tertiary/aromatic N) is 1. The van der Waals surface area contributed by atoms with Crippen LogP contribution in [0.25, 0.3) is 10.9 Å². The van der Waals surface area contributed by atoms with Crippen molar-refractivity contribution in [2.45, 2.75) is 25.3 Å². The number of carbonyl (C=O) groups excluding carboxylic acids is 1. The van der Waals surface area contributed by atoms with Gasteiger partial charge in [0.05, 0.1) is 6.54 Å². The molecule has 2 heterocycles. The van der Waals surface area contributed by atoms with E-state index in [0.29, 0.717) is 18.0 Å². The highest BCUT2D eigenvalue weighted by Gasteiger charge is 2.18. The molecular weight excluding hydrogens is 341 g/mol. The van der Waals surface area contributed by atoms with E-state index in [1.807, 2.05) is 24.3 Å². The van der Waals surface area contributed by atoms with Crippen molar-refractivity contribution < 1.29 is 9.18 Å². The predicted molar refractivity (Wildman–Crippen MR) is 105 cm³/mol. The molecule has 1 aliphatic rings. The first-order chi connectivity index (χ1) is 13.1. The molecule has 4 rings (SSSR count). The van der Waals surface area contributed by atoms with Gasteiger partial charge in [-0.2, -0.15) is 0 Å². The lowest BCUT2D eigenvalue weighted by atomic mass is 9.90. The van der Waals surface area contributed by atoms with Gasteiger partial charge in [0, 0.05) is 35.8 Å². The second kappa shape index (κ2) is 7.53. The Bertz CT molecular complexity index is 959. The third-order valence-electron chi connectivity index (χ3n) is 5.29. The van der Waals surface area contributed by atoms with Crippen molar-refractivity contribution in [2.24, 2.45) is 0 Å². The number of amides is 1. The normalized spacial score (nSPS) is 17.2. The molecule has 0 bridgehead atoms. The Morgan fingerprint density at radius 2 is 2.11 bits per heavy atom. The Kier molecular flexibility index (Phi) is 4.94. The van der Waals surface area contributed by atoms with Crippen LogP contribution in [-0.2, 0) is 6.54 Å². The number of piperidine rings is 1. The van der Waals surface area contributed by atoms with Gasteiger partial charge in [-0.3, -0.25) is 4.79 Å². The molecule has 4 nitrogen and oxygen atoms in total. The highest BCUT2D eigenvalue weighted by molar-refractivity contribution is 5.94. The van der Waals surface area contributed by atoms with Crippen LogP contribution >= 0.6 is 0 Å². The number of rotatable bonds is 4. The summed E-state index contributed by atoms with van der Waals surface area (Å²) in [7, 11) is 1.79. The minimum Gasteiger partial charge on any atom is -0.357 e. The molecule has 1 fully saturated rings. The van der Waals surface area contributed by atoms with Gasteiger partial charge in [-0.05, 0) is 67.3 Å². The average molecular weight is 365 g/mol. The van der Waals surface area contributed by atoms with E-state index in [0.717, 1.165) is 36.1 Å². The van der Waals surface area contributed by atoms with E-state index in [2.05, 4.69) is 16.4 Å². The van der Waals surface area contributed by atoms with Crippen LogP contribution in [0.1, 0.15) is 40.4 Å². The molecule has 2 N–H and O–H groups in total. The molecule has 1 amide bonds. The summed E-state index contributed by atoms with van der Waals surface area (Å²) in [5, 5.41) is 4.25. The minimum absolute atomic E-state index is 0.00884. The van der Waals surface area contributed by atoms with Gasteiger partial charge in [0.25, 0.3) is 5.91 Å². The average Bonchev–Trinajstić information content (AvgIpc) is 3.09. The number of H-pyrrole nitrogens is 1. The van der Waals surface area contributed by atoms with Crippen LogP contribution in [0.3, 0.4) is 0 Å². The standard InChI is InChI=1S/C22H24FN3O/c1-26(14-20-12-18-11-19(23)7-8-21(18)25-20)22(27)16-5-2-4-15(10-16)17-6-3-9-24-13-17/h2,4-5,7-8,10-12,17,24-25H,3,6,9,13-14H2,1H3. The number of benzene rings is 2. The zero-order valence-corrected chi connectivity index (χ0v) is 15.5. The van der Waals surface area contributed by atoms with Gasteiger partial charge in [-0.25, -0.2) is 4.39 Å². The van der Waals surface area contributed by atoms with Gasteiger partial charge in [0.15, 0.2) is 0 Å². The van der Waals surface area contributed by atoms with Crippen LogP contribution in [0.15, 0.2) is 48.5 Å². The lowest BCUT2D eigenvalue weighted by Gasteiger charge is -2.24. The van der Waals surface area contributed by atoms with Crippen LogP contribution in [-0.4, -0.2) is 35.9 Å². The molecule has 27 heavy (non-hydrogen) atoms. The van der Waals surface area contributed by atoms with Crippen LogP contribution in [0.2, 0.25) is 0 Å². The van der Waals surface area contributed by atoms with Gasteiger partial charge in [0.1, 0.15) is 5.82 Å². The molecular formula is C22H24FN3O. The van der Waals surface area contributed by atoms with E-state index in [4.69, 9.17) is 0 Å². The summed E-state index contributed by atoms with van der Waals surface area (Å²) in [5.74, 6) is 0.206. The molecule has 1 atom stereocenters. The van der Waals surface area contributed by atoms with Crippen molar-refractivity contribution >= 4 is 16.8 Å². The van der Waals surface area contributed by atoms with Crippen LogP contribution in [0.5, 0.6) is 0 Å². The first-order valence-corrected chi connectivity index (χ1v) is 9.43. The first kappa shape index (κ1) is 17.7. The zero-order valence-electron chi connectivity index (χ0n) is 15.5. The van der Waals surface area contributed by atoms with Gasteiger partial charge >= 0.3 is 0 Å². The lowest BCUT2D eigenvalue weighted by molar-refractivity contribution is 0.0783. The predicted octanol–water partition coefficient (Wildman–Crippen LogP) is 4.05. The van der Waals surface area contributed by atoms with Crippen molar-refractivity contribution in [1.29, 1.82) is 0 Å². The number of fused-ring (bicyclic) bond motifs is 1. The summed E-state index contributed by atoms with van der Waals surface area (Å²) in [6.45, 7) is 2.50. The first-order valence-electron chi connectivity index (χ1n) is 9.43. The maximum atomic E-state index is 13.4. The smallest absolute Gasteiger partial charge is 0.253 e. The third-order valence-corrected chi connectivity index (χ3v) is 5.29. The number of carbonyl (C=O) groups is 1. The third kappa shape index (κ3) is 3.88. The number of aromatic nitrogens is 1. The molecule has 140 valence electrons. The van der Waals surface area contributed by atoms with E-state index < -0.39 is 0 Å². The maximum absolute atomic E-state index is 13.4. The summed E-state index contributed by atoms with van der Waals surface area (Å²) >= 11 is 0. The zero-order chi connectivity index (χ0) is 18.8. The van der Waals surface area contributed by atoms with Crippen molar-refractivity contribution in [3.8, 4) is 0 Å². The summed E-state index contributed by atoms with van der Waals surface area (Å²) < 4.78 is 13.4. The molecule has 0 aliphatic carbocycles. The number of hydrogen-bond acceptors (Lipinski definition) is 2. The molecule has 1 aromatic heterocycles. The molecule has 1 aliphatic heterocycles. The number of hydrogen-bond donors (Lipinski definition) is 2. The fourth-order valence-electron chi connectivity index (χ4n) is 3.86. The fourth-order valence-corrected chi connectivity index (χ4v) is 3.86. The highest BCUT2D eigenvalue weighted by Crippen LogP contribution is 2.24. The molecule has 1 unspecified atom stereocenters. The summed E-state index contributed by atoms with van der Waals surface area (Å²) in [6, 6.07) is 14.5. The quantitative estimate of drug-likeness (QED) is 0.733. The summed E-state index contributed by atoms with van der Waals surface area (Å²) in [5.41, 5.74) is 3.70. The Labute approximate surface area is 158 Å². The van der Waals surface area contributed by atoms with E-state index in [-0.39, 0.29) is 11.7 Å². The van der Waals surface area contributed by atoms with E-state index in [9.17, 15) is 9.18 Å². The second-order valence-corrected chi connectivity index (χ2v) is 7.36. The number of halogens is 1. The largest absolute Gasteiger partial charge is 0.357 e. The van der Waals surface area contributed by atoms with Gasteiger partial charge in [-0.15, -0.1) is 0 Å². The van der Waals surface area contributed by atoms with Gasteiger partial charge in [-0.1, -0.05) is 12.1 Å².